The Morgan fingerprint density at radius 1 is 1.17 bits per heavy atom. The molecule has 0 bridgehead atoms. The minimum atomic E-state index is 0.913. The molecule has 2 aliphatic rings. The largest absolute Gasteiger partial charge is 0.316 e. The van der Waals surface area contributed by atoms with Crippen LogP contribution in [0.4, 0.5) is 0 Å². The fourth-order valence-corrected chi connectivity index (χ4v) is 2.98. The van der Waals surface area contributed by atoms with Gasteiger partial charge in [0.1, 0.15) is 0 Å². The van der Waals surface area contributed by atoms with Crippen molar-refractivity contribution in [2.24, 2.45) is 23.7 Å². The monoisotopic (exact) mass is 167 g/mol. The second kappa shape index (κ2) is 3.37. The van der Waals surface area contributed by atoms with Crippen LogP contribution in [0.2, 0.25) is 0 Å². The van der Waals surface area contributed by atoms with Gasteiger partial charge < -0.3 is 5.32 Å². The third kappa shape index (κ3) is 1.52. The number of fused-ring (bicyclic) bond motifs is 1. The second-order valence-electron chi connectivity index (χ2n) is 4.99. The normalized spacial score (nSPS) is 41.8. The van der Waals surface area contributed by atoms with Gasteiger partial charge in [-0.05, 0) is 56.0 Å². The fraction of sp³-hybridized carbons (Fsp3) is 1.00. The molecule has 1 aliphatic carbocycles. The van der Waals surface area contributed by atoms with E-state index in [1.165, 1.54) is 32.4 Å². The molecular formula is C11H21N. The average Bonchev–Trinajstić information content (AvgIpc) is 2.46. The first-order valence-electron chi connectivity index (χ1n) is 5.48. The minimum absolute atomic E-state index is 0.913. The molecule has 3 unspecified atom stereocenters. The molecule has 1 nitrogen and oxygen atoms in total. The quantitative estimate of drug-likeness (QED) is 0.632. The maximum Gasteiger partial charge on any atom is -0.00178 e. The smallest absolute Gasteiger partial charge is 0.00178 e. The van der Waals surface area contributed by atoms with Crippen molar-refractivity contribution in [1.29, 1.82) is 0 Å². The lowest BCUT2D eigenvalue weighted by molar-refractivity contribution is 0.295. The van der Waals surface area contributed by atoms with E-state index in [1.54, 1.807) is 0 Å². The molecule has 1 saturated carbocycles. The molecule has 70 valence electrons. The van der Waals surface area contributed by atoms with E-state index in [9.17, 15) is 0 Å². The molecule has 2 fully saturated rings. The van der Waals surface area contributed by atoms with Crippen molar-refractivity contribution in [2.75, 3.05) is 13.1 Å². The molecule has 0 amide bonds. The van der Waals surface area contributed by atoms with Gasteiger partial charge >= 0.3 is 0 Å². The molecule has 0 aromatic carbocycles. The van der Waals surface area contributed by atoms with E-state index in [4.69, 9.17) is 0 Å². The summed E-state index contributed by atoms with van der Waals surface area (Å²) in [6, 6.07) is 0. The van der Waals surface area contributed by atoms with E-state index in [-0.39, 0.29) is 0 Å². The summed E-state index contributed by atoms with van der Waals surface area (Å²) in [5.74, 6) is 4.03. The molecule has 0 aromatic heterocycles. The van der Waals surface area contributed by atoms with Crippen molar-refractivity contribution < 1.29 is 0 Å². The van der Waals surface area contributed by atoms with Gasteiger partial charge in [-0.1, -0.05) is 13.8 Å². The molecule has 0 aromatic rings. The Bertz CT molecular complexity index is 139. The summed E-state index contributed by atoms with van der Waals surface area (Å²) in [5.41, 5.74) is 0. The average molecular weight is 167 g/mol. The van der Waals surface area contributed by atoms with Crippen molar-refractivity contribution >= 4 is 0 Å². The van der Waals surface area contributed by atoms with Gasteiger partial charge in [-0.3, -0.25) is 0 Å². The standard InChI is InChI=1S/C11H21N/c1-8(2)10-5-9-3-4-12-7-11(9)6-10/h8-12H,3-7H2,1-2H3. The maximum absolute atomic E-state index is 3.52. The summed E-state index contributed by atoms with van der Waals surface area (Å²) in [5, 5.41) is 3.52. The van der Waals surface area contributed by atoms with Crippen LogP contribution in [-0.2, 0) is 0 Å². The summed E-state index contributed by atoms with van der Waals surface area (Å²) in [4.78, 5) is 0. The van der Waals surface area contributed by atoms with E-state index in [0.29, 0.717) is 0 Å². The third-order valence-corrected chi connectivity index (χ3v) is 3.92. The van der Waals surface area contributed by atoms with E-state index >= 15 is 0 Å². The summed E-state index contributed by atoms with van der Waals surface area (Å²) in [7, 11) is 0. The van der Waals surface area contributed by atoms with Crippen molar-refractivity contribution in [3.05, 3.63) is 0 Å². The number of hydrogen-bond donors (Lipinski definition) is 1. The number of nitrogens with one attached hydrogen (secondary N) is 1. The topological polar surface area (TPSA) is 12.0 Å². The molecule has 3 atom stereocenters. The van der Waals surface area contributed by atoms with Crippen LogP contribution in [0.3, 0.4) is 0 Å². The molecular weight excluding hydrogens is 146 g/mol. The van der Waals surface area contributed by atoms with Crippen molar-refractivity contribution in [1.82, 2.24) is 5.32 Å². The third-order valence-electron chi connectivity index (χ3n) is 3.92. The lowest BCUT2D eigenvalue weighted by Gasteiger charge is -2.25. The van der Waals surface area contributed by atoms with Crippen LogP contribution < -0.4 is 5.32 Å². The van der Waals surface area contributed by atoms with Gasteiger partial charge in [0.15, 0.2) is 0 Å². The Kier molecular flexibility index (Phi) is 2.40. The van der Waals surface area contributed by atoms with Gasteiger partial charge in [-0.2, -0.15) is 0 Å². The van der Waals surface area contributed by atoms with E-state index in [1.807, 2.05) is 0 Å². The van der Waals surface area contributed by atoms with Crippen molar-refractivity contribution in [3.8, 4) is 0 Å². The Morgan fingerprint density at radius 3 is 2.58 bits per heavy atom. The molecule has 1 heteroatoms. The summed E-state index contributed by atoms with van der Waals surface area (Å²) < 4.78 is 0. The van der Waals surface area contributed by atoms with Gasteiger partial charge in [0, 0.05) is 0 Å². The first kappa shape index (κ1) is 8.55. The van der Waals surface area contributed by atoms with Crippen LogP contribution in [-0.4, -0.2) is 13.1 Å². The van der Waals surface area contributed by atoms with E-state index in [0.717, 1.165) is 23.7 Å². The molecule has 12 heavy (non-hydrogen) atoms. The zero-order chi connectivity index (χ0) is 8.55. The SMILES string of the molecule is CC(C)C1CC2CCNCC2C1. The molecule has 1 aliphatic heterocycles. The zero-order valence-corrected chi connectivity index (χ0v) is 8.34. The molecule has 0 spiro atoms. The maximum atomic E-state index is 3.52. The first-order chi connectivity index (χ1) is 5.77. The van der Waals surface area contributed by atoms with Gasteiger partial charge in [0.2, 0.25) is 0 Å². The molecule has 0 radical (unpaired) electrons. The van der Waals surface area contributed by atoms with Gasteiger partial charge in [-0.15, -0.1) is 0 Å². The predicted molar refractivity (Wildman–Crippen MR) is 52.0 cm³/mol. The minimum Gasteiger partial charge on any atom is -0.316 e. The summed E-state index contributed by atoms with van der Waals surface area (Å²) >= 11 is 0. The molecule has 1 N–H and O–H groups in total. The van der Waals surface area contributed by atoms with Crippen LogP contribution >= 0.6 is 0 Å². The second-order valence-corrected chi connectivity index (χ2v) is 4.99. The van der Waals surface area contributed by atoms with Gasteiger partial charge in [-0.25, -0.2) is 0 Å². The highest BCUT2D eigenvalue weighted by Crippen LogP contribution is 2.42. The summed E-state index contributed by atoms with van der Waals surface area (Å²) in [6.45, 7) is 7.34. The number of rotatable bonds is 1. The Hall–Kier alpha value is -0.0400. The zero-order valence-electron chi connectivity index (χ0n) is 8.34. The molecule has 1 heterocycles. The van der Waals surface area contributed by atoms with Crippen LogP contribution in [0.5, 0.6) is 0 Å². The Labute approximate surface area is 75.9 Å². The Morgan fingerprint density at radius 2 is 1.92 bits per heavy atom. The highest BCUT2D eigenvalue weighted by atomic mass is 14.9. The fourth-order valence-electron chi connectivity index (χ4n) is 2.98. The lowest BCUT2D eigenvalue weighted by atomic mass is 9.90. The highest BCUT2D eigenvalue weighted by Gasteiger charge is 2.36. The van der Waals surface area contributed by atoms with E-state index < -0.39 is 0 Å². The van der Waals surface area contributed by atoms with E-state index in [2.05, 4.69) is 19.2 Å². The van der Waals surface area contributed by atoms with Crippen LogP contribution in [0.1, 0.15) is 33.1 Å². The van der Waals surface area contributed by atoms with Crippen molar-refractivity contribution in [3.63, 3.8) is 0 Å². The van der Waals surface area contributed by atoms with Gasteiger partial charge in [0.25, 0.3) is 0 Å². The summed E-state index contributed by atoms with van der Waals surface area (Å²) in [6.07, 6.45) is 4.45. The molecule has 2 rings (SSSR count). The molecule has 1 saturated heterocycles. The number of hydrogen-bond acceptors (Lipinski definition) is 1. The van der Waals surface area contributed by atoms with Crippen LogP contribution in [0, 0.1) is 23.7 Å². The lowest BCUT2D eigenvalue weighted by Crippen LogP contribution is -2.33. The van der Waals surface area contributed by atoms with Crippen LogP contribution in [0.25, 0.3) is 0 Å². The first-order valence-corrected chi connectivity index (χ1v) is 5.48. The Balaban J connectivity index is 1.94. The van der Waals surface area contributed by atoms with Gasteiger partial charge in [0.05, 0.1) is 0 Å². The predicted octanol–water partition coefficient (Wildman–Crippen LogP) is 2.28. The number of piperidine rings is 1. The van der Waals surface area contributed by atoms with Crippen molar-refractivity contribution in [2.45, 2.75) is 33.1 Å². The van der Waals surface area contributed by atoms with Crippen LogP contribution in [0.15, 0.2) is 0 Å². The highest BCUT2D eigenvalue weighted by molar-refractivity contribution is 4.88.